The van der Waals surface area contributed by atoms with E-state index in [0.717, 1.165) is 5.56 Å². The maximum Gasteiger partial charge on any atom is 0.322 e. The Balaban J connectivity index is 1.67. The number of carbonyl (C=O) groups excluding carboxylic acids is 3. The molecule has 0 atom stereocenters. The lowest BCUT2D eigenvalue weighted by Gasteiger charge is -2.26. The molecule has 1 aromatic heterocycles. The highest BCUT2D eigenvalue weighted by Crippen LogP contribution is 2.23. The number of hydrogen-bond donors (Lipinski definition) is 2. The van der Waals surface area contributed by atoms with Gasteiger partial charge in [0.2, 0.25) is 11.6 Å². The van der Waals surface area contributed by atoms with Crippen LogP contribution in [0.5, 0.6) is 0 Å². The molecule has 1 saturated heterocycles. The van der Waals surface area contributed by atoms with E-state index >= 15 is 0 Å². The fourth-order valence-electron chi connectivity index (χ4n) is 3.27. The number of piperazine rings is 1. The van der Waals surface area contributed by atoms with Crippen molar-refractivity contribution in [1.82, 2.24) is 25.3 Å². The Labute approximate surface area is 172 Å². The molecule has 0 saturated carbocycles. The van der Waals surface area contributed by atoms with E-state index < -0.39 is 10.8 Å². The molecular weight excluding hydrogens is 392 g/mol. The van der Waals surface area contributed by atoms with Crippen molar-refractivity contribution in [3.63, 3.8) is 0 Å². The van der Waals surface area contributed by atoms with E-state index in [1.54, 1.807) is 31.2 Å². The van der Waals surface area contributed by atoms with E-state index in [9.17, 15) is 24.5 Å². The van der Waals surface area contributed by atoms with Gasteiger partial charge in [-0.2, -0.15) is 5.10 Å². The average Bonchev–Trinajstić information content (AvgIpc) is 3.08. The summed E-state index contributed by atoms with van der Waals surface area (Å²) in [6.07, 6.45) is 0. The quantitative estimate of drug-likeness (QED) is 0.525. The second kappa shape index (κ2) is 8.72. The fraction of sp³-hybridized carbons (Fsp3) is 0.368. The number of aryl methyl sites for hydroxylation is 2. The number of hydrogen-bond acceptors (Lipinski definition) is 6. The van der Waals surface area contributed by atoms with Crippen molar-refractivity contribution in [2.24, 2.45) is 0 Å². The molecule has 3 amide bonds. The molecule has 0 radical (unpaired) electrons. The average molecular weight is 414 g/mol. The van der Waals surface area contributed by atoms with Crippen molar-refractivity contribution in [3.05, 3.63) is 56.9 Å². The summed E-state index contributed by atoms with van der Waals surface area (Å²) >= 11 is 0. The highest BCUT2D eigenvalue weighted by atomic mass is 16.6. The predicted molar refractivity (Wildman–Crippen MR) is 106 cm³/mol. The van der Waals surface area contributed by atoms with Gasteiger partial charge >= 0.3 is 5.69 Å². The summed E-state index contributed by atoms with van der Waals surface area (Å²) in [6.45, 7) is 4.59. The monoisotopic (exact) mass is 414 g/mol. The topological polar surface area (TPSA) is 139 Å². The zero-order valence-corrected chi connectivity index (χ0v) is 16.7. The lowest BCUT2D eigenvalue weighted by Crippen LogP contribution is -2.49. The zero-order chi connectivity index (χ0) is 21.8. The normalized spacial score (nSPS) is 13.7. The molecule has 0 bridgehead atoms. The van der Waals surface area contributed by atoms with Gasteiger partial charge in [-0.3, -0.25) is 29.2 Å². The Kier molecular flexibility index (Phi) is 6.09. The molecule has 0 spiro atoms. The minimum absolute atomic E-state index is 0.0277. The highest BCUT2D eigenvalue weighted by Gasteiger charge is 2.30. The first kappa shape index (κ1) is 21.0. The van der Waals surface area contributed by atoms with Crippen LogP contribution < -0.4 is 10.6 Å². The van der Waals surface area contributed by atoms with Crippen molar-refractivity contribution >= 4 is 23.4 Å². The molecule has 30 heavy (non-hydrogen) atoms. The summed E-state index contributed by atoms with van der Waals surface area (Å²) in [7, 11) is 0. The van der Waals surface area contributed by atoms with Crippen LogP contribution in [0, 0.1) is 17.0 Å². The van der Waals surface area contributed by atoms with Crippen molar-refractivity contribution < 1.29 is 19.3 Å². The summed E-state index contributed by atoms with van der Waals surface area (Å²) < 4.78 is 1.30. The third-order valence-electron chi connectivity index (χ3n) is 4.77. The van der Waals surface area contributed by atoms with E-state index in [4.69, 9.17) is 0 Å². The molecular formula is C19H22N6O5. The Hall–Kier alpha value is -3.76. The minimum atomic E-state index is -0.606. The molecule has 3 rings (SSSR count). The smallest absolute Gasteiger partial charge is 0.322 e. The van der Waals surface area contributed by atoms with E-state index in [1.807, 2.05) is 0 Å². The number of amides is 3. The standard InChI is InChI=1S/C19H22N6O5/c1-3-24-17(16(25(29)30)12(2)22-24)18(27)21-10-13-4-6-14(7-5-13)19(28)23-9-8-20-15(26)11-23/h4-7H,3,8-11H2,1-2H3,(H,20,26)(H,21,27). The Morgan fingerprint density at radius 3 is 2.60 bits per heavy atom. The molecule has 0 unspecified atom stereocenters. The third kappa shape index (κ3) is 4.29. The van der Waals surface area contributed by atoms with Crippen molar-refractivity contribution in [2.75, 3.05) is 19.6 Å². The summed E-state index contributed by atoms with van der Waals surface area (Å²) in [4.78, 5) is 48.7. The third-order valence-corrected chi connectivity index (χ3v) is 4.77. The maximum absolute atomic E-state index is 12.6. The second-order valence-corrected chi connectivity index (χ2v) is 6.81. The van der Waals surface area contributed by atoms with Gasteiger partial charge in [0.15, 0.2) is 0 Å². The van der Waals surface area contributed by atoms with Gasteiger partial charge in [-0.1, -0.05) is 12.1 Å². The largest absolute Gasteiger partial charge is 0.353 e. The summed E-state index contributed by atoms with van der Waals surface area (Å²) in [6, 6.07) is 6.63. The van der Waals surface area contributed by atoms with Crippen molar-refractivity contribution in [1.29, 1.82) is 0 Å². The van der Waals surface area contributed by atoms with Crippen LogP contribution in [0.25, 0.3) is 0 Å². The molecule has 2 heterocycles. The number of benzene rings is 1. The van der Waals surface area contributed by atoms with E-state index in [0.29, 0.717) is 25.2 Å². The summed E-state index contributed by atoms with van der Waals surface area (Å²) in [5, 5.41) is 20.7. The first-order valence-electron chi connectivity index (χ1n) is 9.46. The van der Waals surface area contributed by atoms with Crippen molar-refractivity contribution in [3.8, 4) is 0 Å². The van der Waals surface area contributed by atoms with Gasteiger partial charge in [0, 0.05) is 31.7 Å². The number of nitro groups is 1. The van der Waals surface area contributed by atoms with Crippen LogP contribution in [0.3, 0.4) is 0 Å². The van der Waals surface area contributed by atoms with Gasteiger partial charge in [-0.25, -0.2) is 0 Å². The van der Waals surface area contributed by atoms with Crippen LogP contribution >= 0.6 is 0 Å². The molecule has 1 fully saturated rings. The van der Waals surface area contributed by atoms with Gasteiger partial charge in [-0.15, -0.1) is 0 Å². The number of aromatic nitrogens is 2. The Morgan fingerprint density at radius 2 is 2.00 bits per heavy atom. The van der Waals surface area contributed by atoms with Gasteiger partial charge in [0.1, 0.15) is 5.69 Å². The lowest BCUT2D eigenvalue weighted by atomic mass is 10.1. The van der Waals surface area contributed by atoms with E-state index in [-0.39, 0.29) is 42.0 Å². The summed E-state index contributed by atoms with van der Waals surface area (Å²) in [5.74, 6) is -1.02. The zero-order valence-electron chi connectivity index (χ0n) is 16.7. The lowest BCUT2D eigenvalue weighted by molar-refractivity contribution is -0.385. The number of nitrogens with one attached hydrogen (secondary N) is 2. The molecule has 1 aliphatic heterocycles. The predicted octanol–water partition coefficient (Wildman–Crippen LogP) is 0.622. The molecule has 2 aromatic rings. The Bertz CT molecular complexity index is 998. The van der Waals surface area contributed by atoms with E-state index in [1.165, 1.54) is 16.5 Å². The van der Waals surface area contributed by atoms with Crippen molar-refractivity contribution in [2.45, 2.75) is 26.9 Å². The van der Waals surface area contributed by atoms with Gasteiger partial charge in [0.25, 0.3) is 11.8 Å². The van der Waals surface area contributed by atoms with Gasteiger partial charge in [-0.05, 0) is 31.5 Å². The fourth-order valence-corrected chi connectivity index (χ4v) is 3.27. The van der Waals surface area contributed by atoms with Crippen LogP contribution in [0.4, 0.5) is 5.69 Å². The molecule has 2 N–H and O–H groups in total. The SMILES string of the molecule is CCn1nc(C)c([N+](=O)[O-])c1C(=O)NCc1ccc(C(=O)N2CCNC(=O)C2)cc1. The van der Waals surface area contributed by atoms with Crippen LogP contribution in [-0.4, -0.2) is 57.0 Å². The van der Waals surface area contributed by atoms with Crippen LogP contribution in [-0.2, 0) is 17.9 Å². The number of carbonyl (C=O) groups is 3. The van der Waals surface area contributed by atoms with Crippen LogP contribution in [0.1, 0.15) is 39.0 Å². The van der Waals surface area contributed by atoms with Gasteiger partial charge in [0.05, 0.1) is 11.5 Å². The molecule has 1 aliphatic rings. The number of rotatable bonds is 6. The molecule has 0 aliphatic carbocycles. The Morgan fingerprint density at radius 1 is 1.30 bits per heavy atom. The molecule has 11 heteroatoms. The second-order valence-electron chi connectivity index (χ2n) is 6.81. The molecule has 158 valence electrons. The molecule has 1 aromatic carbocycles. The highest BCUT2D eigenvalue weighted by molar-refractivity contribution is 5.97. The van der Waals surface area contributed by atoms with Gasteiger partial charge < -0.3 is 15.5 Å². The number of nitrogens with zero attached hydrogens (tertiary/aromatic N) is 4. The minimum Gasteiger partial charge on any atom is -0.353 e. The van der Waals surface area contributed by atoms with Crippen LogP contribution in [0.15, 0.2) is 24.3 Å². The maximum atomic E-state index is 12.6. The van der Waals surface area contributed by atoms with E-state index in [2.05, 4.69) is 15.7 Å². The summed E-state index contributed by atoms with van der Waals surface area (Å²) in [5.41, 5.74) is 0.950. The molecule has 11 nitrogen and oxygen atoms in total. The first-order valence-corrected chi connectivity index (χ1v) is 9.46. The van der Waals surface area contributed by atoms with Crippen LogP contribution in [0.2, 0.25) is 0 Å². The first-order chi connectivity index (χ1) is 14.3.